The summed E-state index contributed by atoms with van der Waals surface area (Å²) in [6, 6.07) is 5.61. The summed E-state index contributed by atoms with van der Waals surface area (Å²) in [6.07, 6.45) is 6.10. The number of thiol groups is 1. The van der Waals surface area contributed by atoms with Crippen molar-refractivity contribution in [1.82, 2.24) is 15.0 Å². The molecule has 2 aromatic heterocycles. The van der Waals surface area contributed by atoms with Gasteiger partial charge in [-0.3, -0.25) is 4.98 Å². The molecular formula is C17H20ClN4O2S+. The highest BCUT2D eigenvalue weighted by molar-refractivity contribution is 7.86. The number of pyridine rings is 1. The highest BCUT2D eigenvalue weighted by atomic mass is 35.5. The molecule has 1 atom stereocenters. The van der Waals surface area contributed by atoms with E-state index in [-0.39, 0.29) is 5.28 Å². The van der Waals surface area contributed by atoms with Gasteiger partial charge in [0.1, 0.15) is 22.3 Å². The lowest BCUT2D eigenvalue weighted by Gasteiger charge is -2.36. The van der Waals surface area contributed by atoms with Crippen LogP contribution in [0.2, 0.25) is 5.28 Å². The fraction of sp³-hybridized carbons (Fsp3) is 0.471. The second-order valence-corrected chi connectivity index (χ2v) is 8.66. The molecule has 2 fully saturated rings. The van der Waals surface area contributed by atoms with Gasteiger partial charge in [0, 0.05) is 56.5 Å². The van der Waals surface area contributed by atoms with E-state index in [4.69, 9.17) is 16.3 Å². The topological polar surface area (TPSA) is 68.2 Å². The smallest absolute Gasteiger partial charge is 0.224 e. The summed E-state index contributed by atoms with van der Waals surface area (Å²) in [4.78, 5) is 15.8. The molecule has 0 amide bonds. The molecule has 0 spiro atoms. The zero-order valence-corrected chi connectivity index (χ0v) is 15.4. The average Bonchev–Trinajstić information content (AvgIpc) is 2.62. The molecule has 4 rings (SSSR count). The van der Waals surface area contributed by atoms with Gasteiger partial charge in [-0.2, -0.15) is 0 Å². The third-order valence-corrected chi connectivity index (χ3v) is 7.35. The van der Waals surface area contributed by atoms with Gasteiger partial charge in [-0.15, -0.1) is 4.21 Å². The normalized spacial score (nSPS) is 20.8. The van der Waals surface area contributed by atoms with Gasteiger partial charge in [0.25, 0.3) is 0 Å². The first-order valence-electron chi connectivity index (χ1n) is 8.44. The third-order valence-electron chi connectivity index (χ3n) is 4.96. The molecule has 8 heteroatoms. The average molecular weight is 380 g/mol. The van der Waals surface area contributed by atoms with Crippen LogP contribution in [-0.2, 0) is 24.5 Å². The number of ether oxygens (including phenoxy) is 1. The Hall–Kier alpha value is -1.57. The molecule has 2 aromatic rings. The number of morpholine rings is 1. The molecule has 2 aliphatic rings. The van der Waals surface area contributed by atoms with E-state index in [0.29, 0.717) is 13.2 Å². The van der Waals surface area contributed by atoms with E-state index in [0.717, 1.165) is 48.8 Å². The summed E-state index contributed by atoms with van der Waals surface area (Å²) in [7, 11) is -1.64. The quantitative estimate of drug-likeness (QED) is 0.462. The number of rotatable bonds is 4. The van der Waals surface area contributed by atoms with Crippen LogP contribution in [0.5, 0.6) is 0 Å². The van der Waals surface area contributed by atoms with Crippen molar-refractivity contribution < 1.29 is 8.95 Å². The van der Waals surface area contributed by atoms with E-state index < -0.39 is 15.5 Å². The SMILES string of the molecule is O=[SH+](c1ccncc1)C1(c2cc(N3CCOCC3)nc(Cl)n2)CCC1. The molecule has 0 N–H and O–H groups in total. The van der Waals surface area contributed by atoms with Crippen molar-refractivity contribution >= 4 is 28.2 Å². The van der Waals surface area contributed by atoms with Crippen molar-refractivity contribution in [3.05, 3.63) is 41.6 Å². The summed E-state index contributed by atoms with van der Waals surface area (Å²) in [6.45, 7) is 2.90. The van der Waals surface area contributed by atoms with E-state index in [2.05, 4.69) is 19.9 Å². The van der Waals surface area contributed by atoms with E-state index >= 15 is 0 Å². The fourth-order valence-corrected chi connectivity index (χ4v) is 5.52. The van der Waals surface area contributed by atoms with Gasteiger partial charge in [0.05, 0.1) is 13.2 Å². The van der Waals surface area contributed by atoms with Crippen molar-refractivity contribution in [2.45, 2.75) is 28.9 Å². The van der Waals surface area contributed by atoms with Crippen molar-refractivity contribution in [3.63, 3.8) is 0 Å². The molecule has 1 unspecified atom stereocenters. The Balaban J connectivity index is 1.71. The van der Waals surface area contributed by atoms with Crippen molar-refractivity contribution in [3.8, 4) is 0 Å². The Bertz CT molecular complexity index is 779. The van der Waals surface area contributed by atoms with Gasteiger partial charge in [-0.25, -0.2) is 9.97 Å². The summed E-state index contributed by atoms with van der Waals surface area (Å²) in [5, 5.41) is 0.211. The van der Waals surface area contributed by atoms with E-state index in [9.17, 15) is 4.21 Å². The molecule has 6 nitrogen and oxygen atoms in total. The second kappa shape index (κ2) is 6.97. The number of anilines is 1. The first kappa shape index (κ1) is 16.9. The number of hydrogen-bond donors (Lipinski definition) is 0. The largest absolute Gasteiger partial charge is 0.378 e. The summed E-state index contributed by atoms with van der Waals surface area (Å²) in [5.41, 5.74) is 0.790. The Morgan fingerprint density at radius 3 is 2.52 bits per heavy atom. The summed E-state index contributed by atoms with van der Waals surface area (Å²) in [5.74, 6) is 0.794. The first-order valence-corrected chi connectivity index (χ1v) is 10.1. The van der Waals surface area contributed by atoms with E-state index in [1.54, 1.807) is 12.4 Å². The van der Waals surface area contributed by atoms with Gasteiger partial charge in [-0.1, -0.05) is 0 Å². The molecule has 1 aliphatic heterocycles. The maximum atomic E-state index is 13.3. The van der Waals surface area contributed by atoms with Gasteiger partial charge < -0.3 is 9.64 Å². The summed E-state index contributed by atoms with van der Waals surface area (Å²) < 4.78 is 18.3. The maximum Gasteiger partial charge on any atom is 0.224 e. The van der Waals surface area contributed by atoms with Crippen LogP contribution in [0.3, 0.4) is 0 Å². The molecule has 1 saturated heterocycles. The van der Waals surface area contributed by atoms with Gasteiger partial charge in [0.15, 0.2) is 9.64 Å². The Kier molecular flexibility index (Phi) is 4.71. The van der Waals surface area contributed by atoms with Crippen molar-refractivity contribution in [2.75, 3.05) is 31.2 Å². The first-order chi connectivity index (χ1) is 12.2. The number of hydrogen-bond acceptors (Lipinski definition) is 6. The number of aromatic nitrogens is 3. The van der Waals surface area contributed by atoms with E-state index in [1.165, 1.54) is 0 Å². The van der Waals surface area contributed by atoms with Crippen LogP contribution in [0.1, 0.15) is 25.0 Å². The Morgan fingerprint density at radius 2 is 1.88 bits per heavy atom. The van der Waals surface area contributed by atoms with Crippen molar-refractivity contribution in [1.29, 1.82) is 0 Å². The molecule has 3 heterocycles. The highest BCUT2D eigenvalue weighted by Crippen LogP contribution is 2.48. The van der Waals surface area contributed by atoms with Gasteiger partial charge >= 0.3 is 0 Å². The predicted molar refractivity (Wildman–Crippen MR) is 97.6 cm³/mol. The maximum absolute atomic E-state index is 13.3. The van der Waals surface area contributed by atoms with Crippen LogP contribution in [0.25, 0.3) is 0 Å². The lowest BCUT2D eigenvalue weighted by atomic mass is 9.81. The lowest BCUT2D eigenvalue weighted by Crippen LogP contribution is -2.41. The molecule has 0 bridgehead atoms. The Morgan fingerprint density at radius 1 is 1.16 bits per heavy atom. The zero-order chi connectivity index (χ0) is 17.3. The van der Waals surface area contributed by atoms with Crippen LogP contribution in [-0.4, -0.2) is 41.3 Å². The van der Waals surface area contributed by atoms with Crippen LogP contribution >= 0.6 is 11.6 Å². The lowest BCUT2D eigenvalue weighted by molar-refractivity contribution is 0.122. The Labute approximate surface area is 154 Å². The molecule has 0 aromatic carbocycles. The molecular weight excluding hydrogens is 360 g/mol. The highest BCUT2D eigenvalue weighted by Gasteiger charge is 2.52. The van der Waals surface area contributed by atoms with Crippen LogP contribution < -0.4 is 4.90 Å². The van der Waals surface area contributed by atoms with Crippen molar-refractivity contribution in [2.24, 2.45) is 0 Å². The molecule has 1 aliphatic carbocycles. The molecule has 0 radical (unpaired) electrons. The van der Waals surface area contributed by atoms with E-state index in [1.807, 2.05) is 18.2 Å². The third kappa shape index (κ3) is 3.16. The predicted octanol–water partition coefficient (Wildman–Crippen LogP) is 2.50. The fourth-order valence-electron chi connectivity index (χ4n) is 3.40. The second-order valence-electron chi connectivity index (χ2n) is 6.36. The molecule has 132 valence electrons. The van der Waals surface area contributed by atoms with Crippen LogP contribution in [0.4, 0.5) is 5.82 Å². The molecule has 1 saturated carbocycles. The number of halogens is 1. The zero-order valence-electron chi connectivity index (χ0n) is 13.8. The minimum absolute atomic E-state index is 0.211. The van der Waals surface area contributed by atoms with Crippen LogP contribution in [0.15, 0.2) is 35.5 Å². The molecule has 25 heavy (non-hydrogen) atoms. The summed E-state index contributed by atoms with van der Waals surface area (Å²) >= 11 is 6.22. The standard InChI is InChI=1S/C17H19ClN4O2S/c18-16-20-14(12-15(21-16)22-8-10-24-11-9-22)17(4-1-5-17)25(23)13-2-6-19-7-3-13/h2-3,6-7,12H,1,4-5,8-11H2/p+1. The monoisotopic (exact) mass is 379 g/mol. The minimum Gasteiger partial charge on any atom is -0.378 e. The minimum atomic E-state index is -1.64. The van der Waals surface area contributed by atoms with Gasteiger partial charge in [0.2, 0.25) is 5.28 Å². The number of nitrogens with zero attached hydrogens (tertiary/aromatic N) is 4. The van der Waals surface area contributed by atoms with Gasteiger partial charge in [-0.05, 0) is 18.0 Å². The van der Waals surface area contributed by atoms with Crippen LogP contribution in [0, 0.1) is 0 Å².